The quantitative estimate of drug-likeness (QED) is 0.261. The van der Waals surface area contributed by atoms with Crippen LogP contribution in [0.1, 0.15) is 49.5 Å². The van der Waals surface area contributed by atoms with Crippen LogP contribution in [0.25, 0.3) is 0 Å². The summed E-state index contributed by atoms with van der Waals surface area (Å²) in [4.78, 5) is 23.8. The van der Waals surface area contributed by atoms with E-state index in [0.717, 1.165) is 5.56 Å². The maximum absolute atomic E-state index is 12.1. The fourth-order valence-corrected chi connectivity index (χ4v) is 1.62. The Bertz CT molecular complexity index is 495. The van der Waals surface area contributed by atoms with E-state index in [4.69, 9.17) is 4.74 Å². The van der Waals surface area contributed by atoms with Gasteiger partial charge in [-0.25, -0.2) is 4.79 Å². The zero-order chi connectivity index (χ0) is 15.3. The molecule has 0 saturated carbocycles. The minimum atomic E-state index is -0.642. The van der Waals surface area contributed by atoms with Gasteiger partial charge in [-0.2, -0.15) is 0 Å². The molecule has 1 rings (SSSR count). The second-order valence-electron chi connectivity index (χ2n) is 5.58. The molecule has 0 fully saturated rings. The zero-order valence-electron chi connectivity index (χ0n) is 12.6. The standard InChI is InChI=1S/C17H22O3/c1-11(2)10-20-17(19)13(5)16(18)15-8-6-14(7-9-15)12(3)4/h6-9,11-12H,5,10H2,1-4H3. The number of carbonyl (C=O) groups is 2. The Morgan fingerprint density at radius 1 is 1.10 bits per heavy atom. The van der Waals surface area contributed by atoms with Crippen LogP contribution < -0.4 is 0 Å². The maximum Gasteiger partial charge on any atom is 0.341 e. The van der Waals surface area contributed by atoms with E-state index < -0.39 is 5.97 Å². The smallest absolute Gasteiger partial charge is 0.341 e. The summed E-state index contributed by atoms with van der Waals surface area (Å²) >= 11 is 0. The average molecular weight is 274 g/mol. The van der Waals surface area contributed by atoms with Crippen molar-refractivity contribution in [3.05, 3.63) is 47.5 Å². The SMILES string of the molecule is C=C(C(=O)OCC(C)C)C(=O)c1ccc(C(C)C)cc1. The van der Waals surface area contributed by atoms with Gasteiger partial charge in [0.15, 0.2) is 5.78 Å². The van der Waals surface area contributed by atoms with Crippen LogP contribution in [0.2, 0.25) is 0 Å². The highest BCUT2D eigenvalue weighted by molar-refractivity contribution is 6.23. The normalized spacial score (nSPS) is 10.7. The number of rotatable bonds is 6. The molecule has 3 nitrogen and oxygen atoms in total. The van der Waals surface area contributed by atoms with Crippen molar-refractivity contribution in [3.63, 3.8) is 0 Å². The molecule has 0 N–H and O–H groups in total. The Hall–Kier alpha value is -1.90. The van der Waals surface area contributed by atoms with Gasteiger partial charge in [-0.05, 0) is 17.4 Å². The fourth-order valence-electron chi connectivity index (χ4n) is 1.62. The van der Waals surface area contributed by atoms with Gasteiger partial charge in [0.05, 0.1) is 6.61 Å². The first-order valence-electron chi connectivity index (χ1n) is 6.83. The van der Waals surface area contributed by atoms with E-state index in [0.29, 0.717) is 11.5 Å². The van der Waals surface area contributed by atoms with Gasteiger partial charge in [-0.3, -0.25) is 4.79 Å². The molecular weight excluding hydrogens is 252 g/mol. The molecule has 0 saturated heterocycles. The van der Waals surface area contributed by atoms with Crippen LogP contribution in [0.4, 0.5) is 0 Å². The van der Waals surface area contributed by atoms with Gasteiger partial charge in [0.2, 0.25) is 0 Å². The van der Waals surface area contributed by atoms with E-state index in [-0.39, 0.29) is 23.9 Å². The Morgan fingerprint density at radius 2 is 1.65 bits per heavy atom. The van der Waals surface area contributed by atoms with Gasteiger partial charge in [0, 0.05) is 5.56 Å². The second-order valence-corrected chi connectivity index (χ2v) is 5.58. The lowest BCUT2D eigenvalue weighted by Crippen LogP contribution is -2.17. The second kappa shape index (κ2) is 7.04. The number of Topliss-reactive ketones (excluding diaryl/α,β-unsaturated/α-hetero) is 1. The zero-order valence-corrected chi connectivity index (χ0v) is 12.6. The van der Waals surface area contributed by atoms with E-state index in [1.165, 1.54) is 0 Å². The largest absolute Gasteiger partial charge is 0.462 e. The van der Waals surface area contributed by atoms with Crippen molar-refractivity contribution in [1.82, 2.24) is 0 Å². The molecule has 108 valence electrons. The number of esters is 1. The van der Waals surface area contributed by atoms with E-state index >= 15 is 0 Å². The molecule has 20 heavy (non-hydrogen) atoms. The van der Waals surface area contributed by atoms with Gasteiger partial charge in [0.1, 0.15) is 5.57 Å². The lowest BCUT2D eigenvalue weighted by Gasteiger charge is -2.09. The summed E-state index contributed by atoms with van der Waals surface area (Å²) in [5.41, 5.74) is 1.48. The number of carbonyl (C=O) groups excluding carboxylic acids is 2. The van der Waals surface area contributed by atoms with Crippen molar-refractivity contribution in [3.8, 4) is 0 Å². The number of benzene rings is 1. The molecule has 0 amide bonds. The van der Waals surface area contributed by atoms with E-state index in [1.54, 1.807) is 12.1 Å². The summed E-state index contributed by atoms with van der Waals surface area (Å²) in [6.45, 7) is 11.9. The predicted molar refractivity (Wildman–Crippen MR) is 79.8 cm³/mol. The monoisotopic (exact) mass is 274 g/mol. The summed E-state index contributed by atoms with van der Waals surface area (Å²) in [5.74, 6) is -0.392. The lowest BCUT2D eigenvalue weighted by molar-refractivity contribution is -0.139. The highest BCUT2D eigenvalue weighted by atomic mass is 16.5. The maximum atomic E-state index is 12.1. The van der Waals surface area contributed by atoms with Crippen molar-refractivity contribution in [2.45, 2.75) is 33.6 Å². The first-order valence-corrected chi connectivity index (χ1v) is 6.83. The number of hydrogen-bond acceptors (Lipinski definition) is 3. The highest BCUT2D eigenvalue weighted by Crippen LogP contribution is 2.16. The molecule has 0 aliphatic heterocycles. The summed E-state index contributed by atoms with van der Waals surface area (Å²) < 4.78 is 5.01. The molecule has 0 heterocycles. The van der Waals surface area contributed by atoms with Crippen molar-refractivity contribution < 1.29 is 14.3 Å². The molecule has 0 aromatic heterocycles. The van der Waals surface area contributed by atoms with Crippen LogP contribution in [0.15, 0.2) is 36.4 Å². The van der Waals surface area contributed by atoms with Crippen molar-refractivity contribution >= 4 is 11.8 Å². The minimum absolute atomic E-state index is 0.122. The van der Waals surface area contributed by atoms with Crippen LogP contribution in [0.3, 0.4) is 0 Å². The van der Waals surface area contributed by atoms with Crippen LogP contribution in [-0.4, -0.2) is 18.4 Å². The van der Waals surface area contributed by atoms with Crippen LogP contribution in [0.5, 0.6) is 0 Å². The van der Waals surface area contributed by atoms with Crippen molar-refractivity contribution in [1.29, 1.82) is 0 Å². The summed E-state index contributed by atoms with van der Waals surface area (Å²) in [5, 5.41) is 0. The minimum Gasteiger partial charge on any atom is -0.462 e. The number of hydrogen-bond donors (Lipinski definition) is 0. The third-order valence-electron chi connectivity index (χ3n) is 2.91. The Balaban J connectivity index is 2.74. The summed E-state index contributed by atoms with van der Waals surface area (Å²) in [7, 11) is 0. The van der Waals surface area contributed by atoms with Crippen LogP contribution in [0, 0.1) is 5.92 Å². The first-order chi connectivity index (χ1) is 9.32. The van der Waals surface area contributed by atoms with Gasteiger partial charge in [-0.15, -0.1) is 0 Å². The van der Waals surface area contributed by atoms with Crippen LogP contribution in [-0.2, 0) is 9.53 Å². The summed E-state index contributed by atoms with van der Waals surface area (Å²) in [6, 6.07) is 7.23. The molecule has 0 aliphatic rings. The van der Waals surface area contributed by atoms with E-state index in [2.05, 4.69) is 20.4 Å². The predicted octanol–water partition coefficient (Wildman–Crippen LogP) is 3.75. The number of ether oxygens (including phenoxy) is 1. The van der Waals surface area contributed by atoms with Gasteiger partial charge >= 0.3 is 5.97 Å². The highest BCUT2D eigenvalue weighted by Gasteiger charge is 2.19. The third-order valence-corrected chi connectivity index (χ3v) is 2.91. The fraction of sp³-hybridized carbons (Fsp3) is 0.412. The van der Waals surface area contributed by atoms with Crippen LogP contribution >= 0.6 is 0 Å². The molecule has 0 bridgehead atoms. The molecule has 0 spiro atoms. The molecule has 1 aromatic rings. The molecule has 1 aromatic carbocycles. The molecule has 0 radical (unpaired) electrons. The molecule has 0 aliphatic carbocycles. The first kappa shape index (κ1) is 16.2. The van der Waals surface area contributed by atoms with E-state index in [1.807, 2.05) is 26.0 Å². The average Bonchev–Trinajstić information content (AvgIpc) is 2.43. The van der Waals surface area contributed by atoms with Crippen molar-refractivity contribution in [2.24, 2.45) is 5.92 Å². The van der Waals surface area contributed by atoms with Crippen molar-refractivity contribution in [2.75, 3.05) is 6.61 Å². The molecule has 0 unspecified atom stereocenters. The molecular formula is C17H22O3. The van der Waals surface area contributed by atoms with E-state index in [9.17, 15) is 9.59 Å². The van der Waals surface area contributed by atoms with Gasteiger partial charge in [-0.1, -0.05) is 58.5 Å². The Morgan fingerprint density at radius 3 is 2.10 bits per heavy atom. The number of ketones is 1. The molecule has 0 atom stereocenters. The Labute approximate surface area is 120 Å². The van der Waals surface area contributed by atoms with Gasteiger partial charge in [0.25, 0.3) is 0 Å². The van der Waals surface area contributed by atoms with Gasteiger partial charge < -0.3 is 4.74 Å². The topological polar surface area (TPSA) is 43.4 Å². The molecule has 3 heteroatoms. The summed E-state index contributed by atoms with van der Waals surface area (Å²) in [6.07, 6.45) is 0. The Kier molecular flexibility index (Phi) is 5.68. The lowest BCUT2D eigenvalue weighted by atomic mass is 9.98. The third kappa shape index (κ3) is 4.34.